The molecule has 0 saturated heterocycles. The van der Waals surface area contributed by atoms with E-state index in [1.54, 1.807) is 0 Å². The Balaban J connectivity index is 2.33. The second kappa shape index (κ2) is 5.87. The lowest BCUT2D eigenvalue weighted by atomic mass is 10.2. The highest BCUT2D eigenvalue weighted by molar-refractivity contribution is 5.84. The number of carboxylic acid groups (broad SMARTS) is 1. The fourth-order valence-electron chi connectivity index (χ4n) is 1.16. The van der Waals surface area contributed by atoms with Crippen LogP contribution in [0.2, 0.25) is 0 Å². The Bertz CT molecular complexity index is 365. The molecule has 1 rings (SSSR count). The van der Waals surface area contributed by atoms with E-state index in [4.69, 9.17) is 10.8 Å². The molecule has 0 radical (unpaired) electrons. The standard InChI is InChI=1S/C11H14N2O3/c12-9(11(15)16)6-10(14)13-7-8-4-2-1-3-5-8/h1-5,9H,6-7,12H2,(H,13,14)(H,15,16)/t9-/m1/s1. The van der Waals surface area contributed by atoms with Crippen molar-refractivity contribution < 1.29 is 14.7 Å². The number of carbonyl (C=O) groups excluding carboxylic acids is 1. The molecule has 16 heavy (non-hydrogen) atoms. The maximum absolute atomic E-state index is 11.3. The van der Waals surface area contributed by atoms with E-state index < -0.39 is 12.0 Å². The summed E-state index contributed by atoms with van der Waals surface area (Å²) in [4.78, 5) is 21.7. The molecule has 5 nitrogen and oxygen atoms in total. The fourth-order valence-corrected chi connectivity index (χ4v) is 1.16. The van der Waals surface area contributed by atoms with E-state index in [-0.39, 0.29) is 12.3 Å². The van der Waals surface area contributed by atoms with Crippen molar-refractivity contribution in [3.05, 3.63) is 35.9 Å². The fraction of sp³-hybridized carbons (Fsp3) is 0.273. The number of aliphatic carboxylic acids is 1. The number of nitrogens with one attached hydrogen (secondary N) is 1. The van der Waals surface area contributed by atoms with E-state index in [0.717, 1.165) is 5.56 Å². The zero-order valence-corrected chi connectivity index (χ0v) is 8.72. The first-order valence-electron chi connectivity index (χ1n) is 4.88. The number of hydrogen-bond acceptors (Lipinski definition) is 3. The molecule has 0 heterocycles. The topological polar surface area (TPSA) is 92.4 Å². The third-order valence-electron chi connectivity index (χ3n) is 2.06. The average Bonchev–Trinajstić information content (AvgIpc) is 2.27. The van der Waals surface area contributed by atoms with Gasteiger partial charge in [0, 0.05) is 6.54 Å². The predicted octanol–water partition coefficient (Wildman–Crippen LogP) is 0.105. The van der Waals surface area contributed by atoms with Crippen molar-refractivity contribution in [1.29, 1.82) is 0 Å². The predicted molar refractivity (Wildman–Crippen MR) is 58.5 cm³/mol. The van der Waals surface area contributed by atoms with Gasteiger partial charge in [-0.05, 0) is 5.56 Å². The maximum atomic E-state index is 11.3. The van der Waals surface area contributed by atoms with Crippen molar-refractivity contribution in [3.63, 3.8) is 0 Å². The van der Waals surface area contributed by atoms with E-state index in [1.165, 1.54) is 0 Å². The van der Waals surface area contributed by atoms with Crippen molar-refractivity contribution in [2.75, 3.05) is 0 Å². The van der Waals surface area contributed by atoms with Gasteiger partial charge in [0.25, 0.3) is 0 Å². The van der Waals surface area contributed by atoms with Crippen LogP contribution in [-0.2, 0) is 16.1 Å². The maximum Gasteiger partial charge on any atom is 0.321 e. The molecule has 86 valence electrons. The minimum Gasteiger partial charge on any atom is -0.480 e. The van der Waals surface area contributed by atoms with Crippen molar-refractivity contribution >= 4 is 11.9 Å². The van der Waals surface area contributed by atoms with E-state index in [0.29, 0.717) is 6.54 Å². The molecule has 0 spiro atoms. The lowest BCUT2D eigenvalue weighted by molar-refractivity contribution is -0.140. The van der Waals surface area contributed by atoms with Crippen LogP contribution in [0.3, 0.4) is 0 Å². The minimum atomic E-state index is -1.17. The Kier molecular flexibility index (Phi) is 4.47. The van der Waals surface area contributed by atoms with Gasteiger partial charge in [0.2, 0.25) is 5.91 Å². The molecule has 0 aliphatic heterocycles. The summed E-state index contributed by atoms with van der Waals surface area (Å²) in [5.41, 5.74) is 6.18. The van der Waals surface area contributed by atoms with Crippen molar-refractivity contribution in [3.8, 4) is 0 Å². The highest BCUT2D eigenvalue weighted by Crippen LogP contribution is 1.97. The van der Waals surface area contributed by atoms with Gasteiger partial charge < -0.3 is 16.2 Å². The first-order chi connectivity index (χ1) is 7.59. The molecule has 0 aliphatic carbocycles. The highest BCUT2D eigenvalue weighted by Gasteiger charge is 2.15. The van der Waals surface area contributed by atoms with Gasteiger partial charge in [-0.25, -0.2) is 0 Å². The van der Waals surface area contributed by atoms with E-state index in [2.05, 4.69) is 5.32 Å². The van der Waals surface area contributed by atoms with Crippen LogP contribution in [-0.4, -0.2) is 23.0 Å². The monoisotopic (exact) mass is 222 g/mol. The Labute approximate surface area is 93.3 Å². The third-order valence-corrected chi connectivity index (χ3v) is 2.06. The lowest BCUT2D eigenvalue weighted by Crippen LogP contribution is -2.36. The zero-order chi connectivity index (χ0) is 12.0. The van der Waals surface area contributed by atoms with Gasteiger partial charge in [-0.15, -0.1) is 0 Å². The second-order valence-electron chi connectivity index (χ2n) is 3.41. The quantitative estimate of drug-likeness (QED) is 0.659. The van der Waals surface area contributed by atoms with E-state index >= 15 is 0 Å². The molecule has 0 aromatic heterocycles. The molecule has 4 N–H and O–H groups in total. The number of benzene rings is 1. The van der Waals surface area contributed by atoms with E-state index in [9.17, 15) is 9.59 Å². The second-order valence-corrected chi connectivity index (χ2v) is 3.41. The SMILES string of the molecule is N[C@H](CC(=O)NCc1ccccc1)C(=O)O. The van der Waals surface area contributed by atoms with Crippen LogP contribution in [0.25, 0.3) is 0 Å². The van der Waals surface area contributed by atoms with Gasteiger partial charge in [-0.3, -0.25) is 9.59 Å². The first kappa shape index (κ1) is 12.2. The molecule has 0 unspecified atom stereocenters. The molecule has 1 aromatic rings. The summed E-state index contributed by atoms with van der Waals surface area (Å²) < 4.78 is 0. The Morgan fingerprint density at radius 2 is 1.94 bits per heavy atom. The normalized spacial score (nSPS) is 11.8. The summed E-state index contributed by atoms with van der Waals surface area (Å²) in [6.45, 7) is 0.381. The highest BCUT2D eigenvalue weighted by atomic mass is 16.4. The van der Waals surface area contributed by atoms with Crippen LogP contribution in [0.4, 0.5) is 0 Å². The Morgan fingerprint density at radius 1 is 1.31 bits per heavy atom. The lowest BCUT2D eigenvalue weighted by Gasteiger charge is -2.07. The summed E-state index contributed by atoms with van der Waals surface area (Å²) in [6.07, 6.45) is -0.206. The smallest absolute Gasteiger partial charge is 0.321 e. The van der Waals surface area contributed by atoms with Crippen molar-refractivity contribution in [1.82, 2.24) is 5.32 Å². The number of hydrogen-bond donors (Lipinski definition) is 3. The zero-order valence-electron chi connectivity index (χ0n) is 8.72. The third kappa shape index (κ3) is 4.10. The Morgan fingerprint density at radius 3 is 2.50 bits per heavy atom. The molecular weight excluding hydrogens is 208 g/mol. The van der Waals surface area contributed by atoms with Crippen LogP contribution < -0.4 is 11.1 Å². The van der Waals surface area contributed by atoms with Crippen molar-refractivity contribution in [2.45, 2.75) is 19.0 Å². The number of amides is 1. The van der Waals surface area contributed by atoms with Crippen LogP contribution in [0.5, 0.6) is 0 Å². The number of nitrogens with two attached hydrogens (primary N) is 1. The van der Waals surface area contributed by atoms with E-state index in [1.807, 2.05) is 30.3 Å². The molecule has 1 amide bonds. The first-order valence-corrected chi connectivity index (χ1v) is 4.88. The summed E-state index contributed by atoms with van der Waals surface area (Å²) >= 11 is 0. The number of carbonyl (C=O) groups is 2. The van der Waals surface area contributed by atoms with Crippen molar-refractivity contribution in [2.24, 2.45) is 5.73 Å². The average molecular weight is 222 g/mol. The molecule has 0 fully saturated rings. The molecule has 1 atom stereocenters. The van der Waals surface area contributed by atoms with Gasteiger partial charge in [0.15, 0.2) is 0 Å². The summed E-state index contributed by atoms with van der Waals surface area (Å²) in [7, 11) is 0. The molecule has 0 aliphatic rings. The molecule has 1 aromatic carbocycles. The molecular formula is C11H14N2O3. The molecule has 0 saturated carbocycles. The van der Waals surface area contributed by atoms with Gasteiger partial charge in [0.05, 0.1) is 6.42 Å². The molecule has 5 heteroatoms. The molecule has 0 bridgehead atoms. The van der Waals surface area contributed by atoms with Gasteiger partial charge >= 0.3 is 5.97 Å². The summed E-state index contributed by atoms with van der Waals surface area (Å²) in [5, 5.41) is 11.1. The number of rotatable bonds is 5. The minimum absolute atomic E-state index is 0.206. The largest absolute Gasteiger partial charge is 0.480 e. The van der Waals surface area contributed by atoms with Gasteiger partial charge in [-0.2, -0.15) is 0 Å². The van der Waals surface area contributed by atoms with Crippen LogP contribution >= 0.6 is 0 Å². The van der Waals surface area contributed by atoms with Gasteiger partial charge in [-0.1, -0.05) is 30.3 Å². The van der Waals surface area contributed by atoms with Crippen LogP contribution in [0, 0.1) is 0 Å². The summed E-state index contributed by atoms with van der Waals surface area (Å²) in [5.74, 6) is -1.53. The summed E-state index contributed by atoms with van der Waals surface area (Å²) in [6, 6.07) is 8.21. The van der Waals surface area contributed by atoms with Gasteiger partial charge in [0.1, 0.15) is 6.04 Å². The Hall–Kier alpha value is -1.88. The van der Waals surface area contributed by atoms with Crippen LogP contribution in [0.15, 0.2) is 30.3 Å². The number of carboxylic acids is 1. The van der Waals surface area contributed by atoms with Crippen LogP contribution in [0.1, 0.15) is 12.0 Å².